The lowest BCUT2D eigenvalue weighted by atomic mass is 10.1. The van der Waals surface area contributed by atoms with E-state index in [4.69, 9.17) is 4.74 Å². The Morgan fingerprint density at radius 3 is 2.50 bits per heavy atom. The summed E-state index contributed by atoms with van der Waals surface area (Å²) >= 11 is 1.43. The highest BCUT2D eigenvalue weighted by Gasteiger charge is 2.03. The highest BCUT2D eigenvalue weighted by Crippen LogP contribution is 2.13. The topological polar surface area (TPSA) is 55.4 Å². The maximum Gasteiger partial charge on any atom is 0.321 e. The smallest absolute Gasteiger partial charge is 0.321 e. The zero-order valence-corrected chi connectivity index (χ0v) is 11.4. The number of rotatable bonds is 6. The summed E-state index contributed by atoms with van der Waals surface area (Å²) < 4.78 is 5.12. The quantitative estimate of drug-likeness (QED) is 0.629. The minimum atomic E-state index is -0.242. The maximum atomic E-state index is 11.3. The van der Waals surface area contributed by atoms with E-state index in [0.29, 0.717) is 18.0 Å². The van der Waals surface area contributed by atoms with E-state index in [1.807, 2.05) is 18.4 Å². The van der Waals surface area contributed by atoms with Crippen molar-refractivity contribution < 1.29 is 14.3 Å². The molecule has 0 fully saturated rings. The number of ether oxygens (including phenoxy) is 1. The van der Waals surface area contributed by atoms with Crippen molar-refractivity contribution in [3.05, 3.63) is 29.8 Å². The molecule has 0 heterocycles. The minimum Gasteiger partial charge on any atom is -0.426 e. The number of amides is 1. The summed E-state index contributed by atoms with van der Waals surface area (Å²) in [5, 5.41) is 2.73. The molecule has 0 aromatic heterocycles. The lowest BCUT2D eigenvalue weighted by molar-refractivity contribution is -0.131. The Kier molecular flexibility index (Phi) is 6.28. The Labute approximate surface area is 111 Å². The molecule has 1 rings (SSSR count). The Morgan fingerprint density at radius 2 is 1.94 bits per heavy atom. The molecule has 0 aliphatic heterocycles. The normalized spacial score (nSPS) is 9.89. The summed E-state index contributed by atoms with van der Waals surface area (Å²) in [5.74, 6) is 0.632. The molecule has 1 aromatic carbocycles. The van der Waals surface area contributed by atoms with Crippen LogP contribution in [0.1, 0.15) is 12.5 Å². The highest BCUT2D eigenvalue weighted by molar-refractivity contribution is 7.99. The van der Waals surface area contributed by atoms with Crippen molar-refractivity contribution in [3.8, 4) is 5.75 Å². The average Bonchev–Trinajstić information content (AvgIpc) is 2.31. The van der Waals surface area contributed by atoms with Crippen molar-refractivity contribution in [2.75, 3.05) is 18.6 Å². The van der Waals surface area contributed by atoms with E-state index >= 15 is 0 Å². The number of benzene rings is 1. The molecule has 98 valence electrons. The molecule has 0 aliphatic rings. The summed E-state index contributed by atoms with van der Waals surface area (Å²) in [7, 11) is 0. The fourth-order valence-corrected chi connectivity index (χ4v) is 1.68. The predicted molar refractivity (Wildman–Crippen MR) is 72.8 cm³/mol. The molecule has 0 bridgehead atoms. The van der Waals surface area contributed by atoms with E-state index < -0.39 is 0 Å². The summed E-state index contributed by atoms with van der Waals surface area (Å²) in [4.78, 5) is 22.0. The van der Waals surface area contributed by atoms with Crippen molar-refractivity contribution in [2.24, 2.45) is 0 Å². The first kappa shape index (κ1) is 14.6. The van der Waals surface area contributed by atoms with Gasteiger partial charge in [-0.1, -0.05) is 12.1 Å². The van der Waals surface area contributed by atoms with Crippen LogP contribution < -0.4 is 10.1 Å². The lowest BCUT2D eigenvalue weighted by Crippen LogP contribution is -2.22. The second-order valence-corrected chi connectivity index (χ2v) is 4.65. The van der Waals surface area contributed by atoms with Crippen LogP contribution in [0.15, 0.2) is 24.3 Å². The standard InChI is InChI=1S/C13H17NO3S/c1-10(15)14-8-7-11-3-5-12(6-4-11)17-13(16)9-18-2/h3-6H,7-9H2,1-2H3,(H,14,15). The molecular weight excluding hydrogens is 250 g/mol. The first-order valence-electron chi connectivity index (χ1n) is 5.65. The first-order valence-corrected chi connectivity index (χ1v) is 7.04. The monoisotopic (exact) mass is 267 g/mol. The summed E-state index contributed by atoms with van der Waals surface area (Å²) in [6.07, 6.45) is 2.62. The van der Waals surface area contributed by atoms with Crippen molar-refractivity contribution in [1.82, 2.24) is 5.32 Å². The second kappa shape index (κ2) is 7.76. The third kappa shape index (κ3) is 5.72. The SMILES string of the molecule is CSCC(=O)Oc1ccc(CCNC(C)=O)cc1. The van der Waals surface area contributed by atoms with Gasteiger partial charge in [-0.3, -0.25) is 9.59 Å². The predicted octanol–water partition coefficient (Wildman–Crippen LogP) is 1.63. The van der Waals surface area contributed by atoms with Crippen LogP contribution in [0.25, 0.3) is 0 Å². The summed E-state index contributed by atoms with van der Waals surface area (Å²) in [6, 6.07) is 7.32. The molecular formula is C13H17NO3S. The molecule has 1 amide bonds. The highest BCUT2D eigenvalue weighted by atomic mass is 32.2. The molecule has 5 heteroatoms. The molecule has 0 radical (unpaired) electrons. The van der Waals surface area contributed by atoms with E-state index in [9.17, 15) is 9.59 Å². The third-order valence-electron chi connectivity index (χ3n) is 2.20. The minimum absolute atomic E-state index is 0.0300. The van der Waals surface area contributed by atoms with Crippen molar-refractivity contribution in [2.45, 2.75) is 13.3 Å². The van der Waals surface area contributed by atoms with Gasteiger partial charge < -0.3 is 10.1 Å². The van der Waals surface area contributed by atoms with Crippen molar-refractivity contribution >= 4 is 23.6 Å². The van der Waals surface area contributed by atoms with Gasteiger partial charge in [0.1, 0.15) is 5.75 Å². The van der Waals surface area contributed by atoms with Crippen LogP contribution in [-0.4, -0.2) is 30.4 Å². The Bertz CT molecular complexity index is 403. The molecule has 0 saturated heterocycles. The molecule has 18 heavy (non-hydrogen) atoms. The van der Waals surface area contributed by atoms with Gasteiger partial charge in [0, 0.05) is 13.5 Å². The molecule has 4 nitrogen and oxygen atoms in total. The molecule has 1 aromatic rings. The van der Waals surface area contributed by atoms with Crippen LogP contribution in [0.3, 0.4) is 0 Å². The van der Waals surface area contributed by atoms with E-state index in [2.05, 4.69) is 5.32 Å². The van der Waals surface area contributed by atoms with Crippen LogP contribution in [0.2, 0.25) is 0 Å². The van der Waals surface area contributed by atoms with Crippen LogP contribution in [0, 0.1) is 0 Å². The number of nitrogens with one attached hydrogen (secondary N) is 1. The van der Waals surface area contributed by atoms with Gasteiger partial charge in [-0.25, -0.2) is 0 Å². The van der Waals surface area contributed by atoms with Crippen LogP contribution in [0.4, 0.5) is 0 Å². The average molecular weight is 267 g/mol. The zero-order chi connectivity index (χ0) is 13.4. The van der Waals surface area contributed by atoms with Gasteiger partial charge in [0.05, 0.1) is 5.75 Å². The molecule has 0 atom stereocenters. The largest absolute Gasteiger partial charge is 0.426 e. The van der Waals surface area contributed by atoms with Gasteiger partial charge in [0.25, 0.3) is 0 Å². The van der Waals surface area contributed by atoms with Gasteiger partial charge in [-0.05, 0) is 30.4 Å². The maximum absolute atomic E-state index is 11.3. The molecule has 0 saturated carbocycles. The molecule has 0 unspecified atom stereocenters. The first-order chi connectivity index (χ1) is 8.61. The second-order valence-electron chi connectivity index (χ2n) is 3.78. The third-order valence-corrected chi connectivity index (χ3v) is 2.73. The number of hydrogen-bond donors (Lipinski definition) is 1. The lowest BCUT2D eigenvalue weighted by Gasteiger charge is -2.05. The Hall–Kier alpha value is -1.49. The van der Waals surface area contributed by atoms with Gasteiger partial charge in [0.2, 0.25) is 5.91 Å². The van der Waals surface area contributed by atoms with Gasteiger partial charge in [-0.15, -0.1) is 0 Å². The van der Waals surface area contributed by atoms with Crippen LogP contribution in [-0.2, 0) is 16.0 Å². The van der Waals surface area contributed by atoms with E-state index in [0.717, 1.165) is 12.0 Å². The van der Waals surface area contributed by atoms with Crippen molar-refractivity contribution in [1.29, 1.82) is 0 Å². The molecule has 1 N–H and O–H groups in total. The number of esters is 1. The number of carbonyl (C=O) groups excluding carboxylic acids is 2. The fourth-order valence-electron chi connectivity index (χ4n) is 1.39. The zero-order valence-electron chi connectivity index (χ0n) is 10.6. The fraction of sp³-hybridized carbons (Fsp3) is 0.385. The number of hydrogen-bond acceptors (Lipinski definition) is 4. The Balaban J connectivity index is 2.42. The summed E-state index contributed by atoms with van der Waals surface area (Å²) in [6.45, 7) is 2.11. The number of carbonyl (C=O) groups is 2. The van der Waals surface area contributed by atoms with Crippen LogP contribution in [0.5, 0.6) is 5.75 Å². The Morgan fingerprint density at radius 1 is 1.28 bits per heavy atom. The van der Waals surface area contributed by atoms with Gasteiger partial charge in [0.15, 0.2) is 0 Å². The van der Waals surface area contributed by atoms with E-state index in [1.54, 1.807) is 12.1 Å². The van der Waals surface area contributed by atoms with Gasteiger partial charge in [-0.2, -0.15) is 11.8 Å². The van der Waals surface area contributed by atoms with E-state index in [-0.39, 0.29) is 11.9 Å². The number of thioether (sulfide) groups is 1. The van der Waals surface area contributed by atoms with Crippen molar-refractivity contribution in [3.63, 3.8) is 0 Å². The van der Waals surface area contributed by atoms with Gasteiger partial charge >= 0.3 is 5.97 Å². The van der Waals surface area contributed by atoms with E-state index in [1.165, 1.54) is 18.7 Å². The van der Waals surface area contributed by atoms with Crippen LogP contribution >= 0.6 is 11.8 Å². The molecule has 0 aliphatic carbocycles. The summed E-state index contributed by atoms with van der Waals surface area (Å²) in [5.41, 5.74) is 1.09. The molecule has 0 spiro atoms.